The van der Waals surface area contributed by atoms with Gasteiger partial charge >= 0.3 is 0 Å². The molecule has 1 heterocycles. The van der Waals surface area contributed by atoms with Crippen LogP contribution < -0.4 is 5.32 Å². The molecule has 0 radical (unpaired) electrons. The molecule has 2 fully saturated rings. The lowest BCUT2D eigenvalue weighted by atomic mass is 9.83. The molecule has 1 aliphatic heterocycles. The Kier molecular flexibility index (Phi) is 6.62. The Morgan fingerprint density at radius 3 is 2.63 bits per heavy atom. The lowest BCUT2D eigenvalue weighted by Gasteiger charge is -2.38. The first-order valence-corrected chi connectivity index (χ1v) is 8.34. The van der Waals surface area contributed by atoms with Crippen LogP contribution in [0.3, 0.4) is 0 Å². The van der Waals surface area contributed by atoms with Gasteiger partial charge in [0.25, 0.3) is 0 Å². The van der Waals surface area contributed by atoms with Gasteiger partial charge in [-0.05, 0) is 52.1 Å². The fourth-order valence-corrected chi connectivity index (χ4v) is 3.84. The summed E-state index contributed by atoms with van der Waals surface area (Å²) in [5, 5.41) is 3.58. The summed E-state index contributed by atoms with van der Waals surface area (Å²) in [6.45, 7) is 6.58. The van der Waals surface area contributed by atoms with Crippen LogP contribution in [-0.4, -0.2) is 50.3 Å². The number of nitrogens with one attached hydrogen (secondary N) is 1. The van der Waals surface area contributed by atoms with Gasteiger partial charge in [-0.1, -0.05) is 19.3 Å². The van der Waals surface area contributed by atoms with E-state index < -0.39 is 0 Å². The molecule has 1 N–H and O–H groups in total. The van der Waals surface area contributed by atoms with Gasteiger partial charge in [0.15, 0.2) is 0 Å². The number of ether oxygens (including phenoxy) is 1. The lowest BCUT2D eigenvalue weighted by molar-refractivity contribution is 0.00124. The maximum absolute atomic E-state index is 5.81. The number of nitrogens with zero attached hydrogens (tertiary/aromatic N) is 1. The zero-order valence-electron chi connectivity index (χ0n) is 12.9. The van der Waals surface area contributed by atoms with Crippen molar-refractivity contribution in [3.05, 3.63) is 0 Å². The van der Waals surface area contributed by atoms with Gasteiger partial charge in [0.1, 0.15) is 0 Å². The largest absolute Gasteiger partial charge is 0.377 e. The van der Waals surface area contributed by atoms with Gasteiger partial charge in [0, 0.05) is 25.7 Å². The summed E-state index contributed by atoms with van der Waals surface area (Å²) in [6.07, 6.45) is 10.2. The molecule has 19 heavy (non-hydrogen) atoms. The summed E-state index contributed by atoms with van der Waals surface area (Å²) in [5.74, 6) is 0.895. The number of piperidine rings is 1. The third-order valence-corrected chi connectivity index (χ3v) is 4.91. The smallest absolute Gasteiger partial charge is 0.0702 e. The van der Waals surface area contributed by atoms with Crippen LogP contribution in [-0.2, 0) is 4.74 Å². The molecule has 0 aromatic rings. The van der Waals surface area contributed by atoms with Crippen molar-refractivity contribution in [3.8, 4) is 0 Å². The summed E-state index contributed by atoms with van der Waals surface area (Å²) in [5.41, 5.74) is 0. The minimum Gasteiger partial charge on any atom is -0.377 e. The fraction of sp³-hybridized carbons (Fsp3) is 1.00. The van der Waals surface area contributed by atoms with E-state index in [9.17, 15) is 0 Å². The number of hydrogen-bond donors (Lipinski definition) is 1. The Morgan fingerprint density at radius 2 is 1.95 bits per heavy atom. The standard InChI is InChI=1S/C16H32N2O/c1-3-19-15-10-7-11-18(12-15)13-16(17-2)14-8-5-4-6-9-14/h14-17H,3-13H2,1-2H3. The topological polar surface area (TPSA) is 24.5 Å². The molecule has 112 valence electrons. The van der Waals surface area contributed by atoms with Crippen LogP contribution in [0.4, 0.5) is 0 Å². The van der Waals surface area contributed by atoms with E-state index in [-0.39, 0.29) is 0 Å². The van der Waals surface area contributed by atoms with E-state index in [1.807, 2.05) is 0 Å². The maximum Gasteiger partial charge on any atom is 0.0702 e. The van der Waals surface area contributed by atoms with Crippen LogP contribution in [0.15, 0.2) is 0 Å². The molecule has 0 bridgehead atoms. The average molecular weight is 268 g/mol. The van der Waals surface area contributed by atoms with Crippen LogP contribution in [0.1, 0.15) is 51.9 Å². The molecule has 0 spiro atoms. The molecular weight excluding hydrogens is 236 g/mol. The van der Waals surface area contributed by atoms with Crippen molar-refractivity contribution in [2.45, 2.75) is 64.0 Å². The normalized spacial score (nSPS) is 28.4. The first kappa shape index (κ1) is 15.3. The summed E-state index contributed by atoms with van der Waals surface area (Å²) in [7, 11) is 2.14. The van der Waals surface area contributed by atoms with Crippen molar-refractivity contribution in [3.63, 3.8) is 0 Å². The predicted molar refractivity (Wildman–Crippen MR) is 80.5 cm³/mol. The quantitative estimate of drug-likeness (QED) is 0.801. The minimum atomic E-state index is 0.475. The summed E-state index contributed by atoms with van der Waals surface area (Å²) in [4.78, 5) is 2.62. The number of likely N-dealkylation sites (tertiary alicyclic amines) is 1. The molecule has 2 unspecified atom stereocenters. The van der Waals surface area contributed by atoms with Crippen molar-refractivity contribution >= 4 is 0 Å². The Morgan fingerprint density at radius 1 is 1.16 bits per heavy atom. The summed E-state index contributed by atoms with van der Waals surface area (Å²) >= 11 is 0. The molecule has 1 aliphatic carbocycles. The van der Waals surface area contributed by atoms with Crippen LogP contribution in [0.2, 0.25) is 0 Å². The van der Waals surface area contributed by atoms with Gasteiger partial charge in [-0.25, -0.2) is 0 Å². The summed E-state index contributed by atoms with van der Waals surface area (Å²) < 4.78 is 5.81. The molecular formula is C16H32N2O. The van der Waals surface area contributed by atoms with E-state index in [0.717, 1.165) is 19.1 Å². The zero-order chi connectivity index (χ0) is 13.5. The molecule has 2 rings (SSSR count). The van der Waals surface area contributed by atoms with E-state index in [0.29, 0.717) is 12.1 Å². The first-order chi connectivity index (χ1) is 9.33. The van der Waals surface area contributed by atoms with Crippen molar-refractivity contribution in [1.82, 2.24) is 10.2 Å². The molecule has 0 aromatic carbocycles. The number of hydrogen-bond acceptors (Lipinski definition) is 3. The Labute approximate surface area is 119 Å². The highest BCUT2D eigenvalue weighted by Crippen LogP contribution is 2.27. The lowest BCUT2D eigenvalue weighted by Crippen LogP contribution is -2.49. The second-order valence-corrected chi connectivity index (χ2v) is 6.27. The van der Waals surface area contributed by atoms with Gasteiger partial charge in [-0.3, -0.25) is 4.90 Å². The van der Waals surface area contributed by atoms with E-state index in [1.165, 1.54) is 58.0 Å². The number of rotatable bonds is 6. The average Bonchev–Trinajstić information content (AvgIpc) is 2.46. The minimum absolute atomic E-state index is 0.475. The molecule has 0 aromatic heterocycles. The third kappa shape index (κ3) is 4.73. The van der Waals surface area contributed by atoms with E-state index >= 15 is 0 Å². The van der Waals surface area contributed by atoms with E-state index in [2.05, 4.69) is 24.2 Å². The monoisotopic (exact) mass is 268 g/mol. The molecule has 2 atom stereocenters. The summed E-state index contributed by atoms with van der Waals surface area (Å²) in [6, 6.07) is 0.681. The Balaban J connectivity index is 1.79. The van der Waals surface area contributed by atoms with Crippen molar-refractivity contribution < 1.29 is 4.74 Å². The molecule has 3 heteroatoms. The molecule has 1 saturated carbocycles. The first-order valence-electron chi connectivity index (χ1n) is 8.34. The second kappa shape index (κ2) is 8.23. The van der Waals surface area contributed by atoms with E-state index in [1.54, 1.807) is 0 Å². The number of likely N-dealkylation sites (N-methyl/N-ethyl adjacent to an activating group) is 1. The molecule has 2 aliphatic rings. The van der Waals surface area contributed by atoms with Crippen molar-refractivity contribution in [1.29, 1.82) is 0 Å². The van der Waals surface area contributed by atoms with Crippen molar-refractivity contribution in [2.75, 3.05) is 33.3 Å². The highest BCUT2D eigenvalue weighted by molar-refractivity contribution is 4.83. The third-order valence-electron chi connectivity index (χ3n) is 4.91. The van der Waals surface area contributed by atoms with Gasteiger partial charge < -0.3 is 10.1 Å². The van der Waals surface area contributed by atoms with Crippen LogP contribution in [0, 0.1) is 5.92 Å². The highest BCUT2D eigenvalue weighted by Gasteiger charge is 2.27. The van der Waals surface area contributed by atoms with E-state index in [4.69, 9.17) is 4.74 Å². The van der Waals surface area contributed by atoms with Gasteiger partial charge in [-0.15, -0.1) is 0 Å². The van der Waals surface area contributed by atoms with Gasteiger partial charge in [-0.2, -0.15) is 0 Å². The SMILES string of the molecule is CCOC1CCCN(CC(NC)C2CCCCC2)C1. The zero-order valence-corrected chi connectivity index (χ0v) is 12.9. The Hall–Kier alpha value is -0.120. The highest BCUT2D eigenvalue weighted by atomic mass is 16.5. The van der Waals surface area contributed by atoms with Crippen LogP contribution in [0.5, 0.6) is 0 Å². The molecule has 1 saturated heterocycles. The second-order valence-electron chi connectivity index (χ2n) is 6.27. The predicted octanol–water partition coefficient (Wildman–Crippen LogP) is 2.66. The van der Waals surface area contributed by atoms with Crippen LogP contribution >= 0.6 is 0 Å². The maximum atomic E-state index is 5.81. The fourth-order valence-electron chi connectivity index (χ4n) is 3.84. The van der Waals surface area contributed by atoms with Crippen LogP contribution in [0.25, 0.3) is 0 Å². The molecule has 0 amide bonds. The van der Waals surface area contributed by atoms with Gasteiger partial charge in [0.05, 0.1) is 6.10 Å². The van der Waals surface area contributed by atoms with Gasteiger partial charge in [0.2, 0.25) is 0 Å². The Bertz CT molecular complexity index is 239. The molecule has 3 nitrogen and oxygen atoms in total. The van der Waals surface area contributed by atoms with Crippen molar-refractivity contribution in [2.24, 2.45) is 5.92 Å².